The number of carbonyl (C=O) groups excluding carboxylic acids is 4. The van der Waals surface area contributed by atoms with Crippen molar-refractivity contribution in [3.8, 4) is 17.2 Å². The summed E-state index contributed by atoms with van der Waals surface area (Å²) >= 11 is 0. The first-order chi connectivity index (χ1) is 24.7. The largest absolute Gasteiger partial charge is 0.496 e. The summed E-state index contributed by atoms with van der Waals surface area (Å²) in [7, 11) is 2.84. The highest BCUT2D eigenvalue weighted by Crippen LogP contribution is 2.68. The van der Waals surface area contributed by atoms with Gasteiger partial charge in [0.1, 0.15) is 39.2 Å². The van der Waals surface area contributed by atoms with Crippen molar-refractivity contribution in [2.45, 2.75) is 110 Å². The van der Waals surface area contributed by atoms with E-state index in [0.29, 0.717) is 12.8 Å². The lowest BCUT2D eigenvalue weighted by atomic mass is 9.66. The Morgan fingerprint density at radius 3 is 1.74 bits per heavy atom. The van der Waals surface area contributed by atoms with E-state index in [1.807, 2.05) is 13.8 Å². The van der Waals surface area contributed by atoms with Gasteiger partial charge in [-0.05, 0) is 65.5 Å². The van der Waals surface area contributed by atoms with E-state index in [-0.39, 0.29) is 57.6 Å². The van der Waals surface area contributed by atoms with Crippen LogP contribution in [0.25, 0.3) is 21.9 Å². The molecule has 4 heterocycles. The summed E-state index contributed by atoms with van der Waals surface area (Å²) in [6.45, 7) is 14.1. The molecule has 5 aliphatic rings. The number of rotatable bonds is 6. The second-order valence-electron chi connectivity index (χ2n) is 17.2. The molecule has 3 aliphatic heterocycles. The van der Waals surface area contributed by atoms with Gasteiger partial charge in [-0.3, -0.25) is 14.4 Å². The van der Waals surface area contributed by atoms with E-state index >= 15 is 0 Å². The molecule has 2 aromatic carbocycles. The van der Waals surface area contributed by atoms with E-state index < -0.39 is 80.0 Å². The molecule has 0 spiro atoms. The molecule has 6 atom stereocenters. The summed E-state index contributed by atoms with van der Waals surface area (Å²) in [4.78, 5) is 70.1. The summed E-state index contributed by atoms with van der Waals surface area (Å²) in [5.74, 6) is -2.13. The number of methoxy groups -OCH3 is 2. The molecule has 4 fully saturated rings. The van der Waals surface area contributed by atoms with Gasteiger partial charge >= 0.3 is 23.9 Å². The van der Waals surface area contributed by atoms with Crippen molar-refractivity contribution in [2.24, 2.45) is 21.7 Å². The van der Waals surface area contributed by atoms with E-state index in [0.717, 1.165) is 0 Å². The molecule has 282 valence electrons. The van der Waals surface area contributed by atoms with Crippen molar-refractivity contribution in [3.63, 3.8) is 0 Å². The minimum Gasteiger partial charge on any atom is -0.496 e. The van der Waals surface area contributed by atoms with Crippen LogP contribution in [0.1, 0.15) is 92.7 Å². The second-order valence-corrected chi connectivity index (χ2v) is 17.2. The fraction of sp³-hybridized carbons (Fsp3) is 0.575. The van der Waals surface area contributed by atoms with Crippen LogP contribution in [0, 0.1) is 21.7 Å². The van der Waals surface area contributed by atoms with Crippen molar-refractivity contribution in [3.05, 3.63) is 40.1 Å². The molecular weight excluding hydrogens is 688 g/mol. The quantitative estimate of drug-likeness (QED) is 0.168. The first-order valence-electron chi connectivity index (χ1n) is 17.9. The van der Waals surface area contributed by atoms with Crippen molar-refractivity contribution >= 4 is 45.8 Å². The van der Waals surface area contributed by atoms with E-state index in [1.54, 1.807) is 59.7 Å². The Morgan fingerprint density at radius 1 is 0.698 bits per heavy atom. The van der Waals surface area contributed by atoms with Gasteiger partial charge in [0.25, 0.3) is 0 Å². The lowest BCUT2D eigenvalue weighted by molar-refractivity contribution is -0.217. The molecule has 2 saturated heterocycles. The summed E-state index contributed by atoms with van der Waals surface area (Å²) in [5.41, 5.74) is -8.72. The molecule has 3 aromatic rings. The first kappa shape index (κ1) is 35.2. The standard InChI is InChI=1S/C40H44O13/c1-34(2)29(50-33(45)40-17-15-38(8,31(43)53-40)36(40,5)6)28(49-32(44)39-16-14-37(7,30(42)52-39)35(39,3)4)25-22(51-34)18-21(47-10)24-26(41)23-19(46-9)12-11-13-20(23)48-27(24)25/h11-13,18,28-29H,14-17H2,1-10H3/t28-,29-,37+,38+,39-,40-/m1/s1. The molecule has 0 amide bonds. The molecule has 4 bridgehead atoms. The van der Waals surface area contributed by atoms with Gasteiger partial charge in [-0.1, -0.05) is 33.8 Å². The zero-order valence-electron chi connectivity index (χ0n) is 31.6. The van der Waals surface area contributed by atoms with E-state index in [1.165, 1.54) is 20.3 Å². The Labute approximate surface area is 305 Å². The summed E-state index contributed by atoms with van der Waals surface area (Å²) in [6, 6.07) is 6.40. The Kier molecular flexibility index (Phi) is 6.94. The van der Waals surface area contributed by atoms with Gasteiger partial charge in [-0.2, -0.15) is 0 Å². The number of benzene rings is 2. The van der Waals surface area contributed by atoms with Crippen LogP contribution in [0.3, 0.4) is 0 Å². The predicted octanol–water partition coefficient (Wildman–Crippen LogP) is 5.87. The van der Waals surface area contributed by atoms with Crippen LogP contribution in [0.5, 0.6) is 17.2 Å². The third-order valence-electron chi connectivity index (χ3n) is 14.3. The number of carbonyl (C=O) groups is 4. The van der Waals surface area contributed by atoms with E-state index in [9.17, 15) is 24.0 Å². The molecule has 2 saturated carbocycles. The van der Waals surface area contributed by atoms with Crippen molar-refractivity contribution in [2.75, 3.05) is 14.2 Å². The minimum absolute atomic E-state index is 0.00733. The van der Waals surface area contributed by atoms with Gasteiger partial charge < -0.3 is 37.6 Å². The molecule has 8 rings (SSSR count). The maximum Gasteiger partial charge on any atom is 0.351 e. The lowest BCUT2D eigenvalue weighted by Gasteiger charge is -2.46. The SMILES string of the molecule is COc1cccc2oc3c4c(cc(OC)c3c(=O)c12)OC(C)(C)[C@H](OC(=O)[C@@]12CC[C@@](C)(C(=O)O1)C2(C)C)[C@@H]4OC(=O)[C@@]12CC[C@@](C)(C(=O)O1)C2(C)C. The summed E-state index contributed by atoms with van der Waals surface area (Å²) in [5, 5.41) is 0.166. The average molecular weight is 733 g/mol. The molecule has 0 radical (unpaired) electrons. The van der Waals surface area contributed by atoms with Crippen LogP contribution in [0.4, 0.5) is 0 Å². The first-order valence-corrected chi connectivity index (χ1v) is 17.9. The summed E-state index contributed by atoms with van der Waals surface area (Å²) < 4.78 is 48.9. The Balaban J connectivity index is 1.34. The van der Waals surface area contributed by atoms with Crippen LogP contribution < -0.4 is 19.6 Å². The summed E-state index contributed by atoms with van der Waals surface area (Å²) in [6.07, 6.45) is -1.63. The van der Waals surface area contributed by atoms with Gasteiger partial charge in [0.15, 0.2) is 17.8 Å². The molecular formula is C40H44O13. The number of ether oxygens (including phenoxy) is 7. The number of esters is 4. The molecule has 13 nitrogen and oxygen atoms in total. The van der Waals surface area contributed by atoms with Crippen LogP contribution in [0.15, 0.2) is 33.5 Å². The van der Waals surface area contributed by atoms with Gasteiger partial charge in [-0.25, -0.2) is 9.59 Å². The fourth-order valence-corrected chi connectivity index (χ4v) is 9.70. The zero-order valence-corrected chi connectivity index (χ0v) is 31.6. The third-order valence-corrected chi connectivity index (χ3v) is 14.3. The number of hydrogen-bond donors (Lipinski definition) is 0. The van der Waals surface area contributed by atoms with Gasteiger partial charge in [-0.15, -0.1) is 0 Å². The van der Waals surface area contributed by atoms with Crippen LogP contribution in [0.2, 0.25) is 0 Å². The van der Waals surface area contributed by atoms with Gasteiger partial charge in [0, 0.05) is 16.9 Å². The maximum absolute atomic E-state index is 14.8. The highest BCUT2D eigenvalue weighted by Gasteiger charge is 2.78. The molecule has 0 unspecified atom stereocenters. The van der Waals surface area contributed by atoms with Crippen molar-refractivity contribution < 1.29 is 56.8 Å². The van der Waals surface area contributed by atoms with Gasteiger partial charge in [0.05, 0.1) is 30.6 Å². The molecule has 2 aliphatic carbocycles. The highest BCUT2D eigenvalue weighted by molar-refractivity contribution is 5.99. The topological polar surface area (TPSA) is 163 Å². The smallest absolute Gasteiger partial charge is 0.351 e. The van der Waals surface area contributed by atoms with Crippen molar-refractivity contribution in [1.82, 2.24) is 0 Å². The van der Waals surface area contributed by atoms with Crippen LogP contribution >= 0.6 is 0 Å². The Bertz CT molecular complexity index is 2250. The van der Waals surface area contributed by atoms with Crippen LogP contribution in [-0.4, -0.2) is 61.0 Å². The fourth-order valence-electron chi connectivity index (χ4n) is 9.70. The Morgan fingerprint density at radius 2 is 1.25 bits per heavy atom. The number of fused-ring (bicyclic) bond motifs is 8. The predicted molar refractivity (Wildman–Crippen MR) is 186 cm³/mol. The second kappa shape index (κ2) is 10.4. The zero-order chi connectivity index (χ0) is 38.5. The van der Waals surface area contributed by atoms with Crippen LogP contribution in [-0.2, 0) is 38.1 Å². The molecule has 0 N–H and O–H groups in total. The monoisotopic (exact) mass is 732 g/mol. The lowest BCUT2D eigenvalue weighted by Crippen LogP contribution is -2.57. The average Bonchev–Trinajstić information content (AvgIpc) is 3.56. The normalized spacial score (nSPS) is 33.9. The van der Waals surface area contributed by atoms with E-state index in [2.05, 4.69) is 0 Å². The van der Waals surface area contributed by atoms with E-state index in [4.69, 9.17) is 37.6 Å². The molecule has 13 heteroatoms. The minimum atomic E-state index is -1.66. The molecule has 1 aromatic heterocycles. The van der Waals surface area contributed by atoms with Crippen molar-refractivity contribution in [1.29, 1.82) is 0 Å². The number of hydrogen-bond acceptors (Lipinski definition) is 13. The Hall–Kier alpha value is -4.81. The highest BCUT2D eigenvalue weighted by atomic mass is 16.7. The maximum atomic E-state index is 14.8. The van der Waals surface area contributed by atoms with Gasteiger partial charge in [0.2, 0.25) is 16.6 Å². The third kappa shape index (κ3) is 3.95. The molecule has 53 heavy (non-hydrogen) atoms.